The Morgan fingerprint density at radius 2 is 2.04 bits per heavy atom. The predicted molar refractivity (Wildman–Crippen MR) is 90.4 cm³/mol. The van der Waals surface area contributed by atoms with Crippen molar-refractivity contribution in [2.45, 2.75) is 45.4 Å². The number of nitrogens with one attached hydrogen (secondary N) is 1. The molecule has 24 heavy (non-hydrogen) atoms. The first-order valence-electron chi connectivity index (χ1n) is 8.70. The Bertz CT molecular complexity index is 548. The van der Waals surface area contributed by atoms with Crippen LogP contribution in [0.25, 0.3) is 0 Å². The van der Waals surface area contributed by atoms with Crippen LogP contribution >= 0.6 is 0 Å². The SMILES string of the molecule is C#CC1(C(=O)NCC2CN(C(=O)CCCC(N)=O)CCC2C)CC1. The lowest BCUT2D eigenvalue weighted by atomic mass is 9.86. The van der Waals surface area contributed by atoms with Gasteiger partial charge in [0.1, 0.15) is 5.41 Å². The number of hydrogen-bond donors (Lipinski definition) is 2. The molecule has 1 heterocycles. The molecule has 2 atom stereocenters. The van der Waals surface area contributed by atoms with E-state index in [1.807, 2.05) is 4.90 Å². The molecule has 132 valence electrons. The molecule has 1 aliphatic heterocycles. The van der Waals surface area contributed by atoms with Gasteiger partial charge >= 0.3 is 0 Å². The summed E-state index contributed by atoms with van der Waals surface area (Å²) in [6, 6.07) is 0. The van der Waals surface area contributed by atoms with Crippen molar-refractivity contribution in [2.24, 2.45) is 23.0 Å². The summed E-state index contributed by atoms with van der Waals surface area (Å²) in [5, 5.41) is 2.97. The third kappa shape index (κ3) is 4.50. The maximum absolute atomic E-state index is 12.2. The first-order valence-corrected chi connectivity index (χ1v) is 8.70. The van der Waals surface area contributed by atoms with Crippen LogP contribution in [0.1, 0.15) is 45.4 Å². The monoisotopic (exact) mass is 333 g/mol. The van der Waals surface area contributed by atoms with Crippen molar-refractivity contribution in [3.05, 3.63) is 0 Å². The van der Waals surface area contributed by atoms with Crippen LogP contribution in [0, 0.1) is 29.6 Å². The van der Waals surface area contributed by atoms with Gasteiger partial charge < -0.3 is 16.0 Å². The van der Waals surface area contributed by atoms with Gasteiger partial charge in [-0.05, 0) is 37.5 Å². The van der Waals surface area contributed by atoms with E-state index in [0.717, 1.165) is 25.8 Å². The molecule has 2 aliphatic rings. The molecule has 0 aromatic rings. The third-order valence-corrected chi connectivity index (χ3v) is 5.27. The van der Waals surface area contributed by atoms with Crippen LogP contribution in [-0.2, 0) is 14.4 Å². The van der Waals surface area contributed by atoms with Crippen molar-refractivity contribution in [3.63, 3.8) is 0 Å². The number of primary amides is 1. The Kier molecular flexibility index (Phi) is 5.87. The van der Waals surface area contributed by atoms with E-state index in [9.17, 15) is 14.4 Å². The molecule has 1 aliphatic carbocycles. The Morgan fingerprint density at radius 1 is 1.33 bits per heavy atom. The molecule has 2 unspecified atom stereocenters. The second-order valence-electron chi connectivity index (χ2n) is 7.12. The maximum atomic E-state index is 12.2. The minimum Gasteiger partial charge on any atom is -0.370 e. The summed E-state index contributed by atoms with van der Waals surface area (Å²) in [4.78, 5) is 37.0. The van der Waals surface area contributed by atoms with Gasteiger partial charge in [-0.1, -0.05) is 12.8 Å². The number of carbonyl (C=O) groups excluding carboxylic acids is 3. The van der Waals surface area contributed by atoms with Crippen LogP contribution in [-0.4, -0.2) is 42.3 Å². The summed E-state index contributed by atoms with van der Waals surface area (Å²) >= 11 is 0. The molecule has 3 amide bonds. The quantitative estimate of drug-likeness (QED) is 0.670. The summed E-state index contributed by atoms with van der Waals surface area (Å²) in [6.07, 6.45) is 8.96. The number of rotatable bonds is 7. The fourth-order valence-corrected chi connectivity index (χ4v) is 3.17. The standard InChI is InChI=1S/C18H27N3O3/c1-3-18(8-9-18)17(24)20-11-14-12-21(10-7-13(14)2)16(23)6-4-5-15(19)22/h1,13-14H,4-12H2,2H3,(H2,19,22)(H,20,24). The summed E-state index contributed by atoms with van der Waals surface area (Å²) < 4.78 is 0. The molecular weight excluding hydrogens is 306 g/mol. The number of hydrogen-bond acceptors (Lipinski definition) is 3. The van der Waals surface area contributed by atoms with Gasteiger partial charge in [0.05, 0.1) is 0 Å². The minimum atomic E-state index is -0.581. The van der Waals surface area contributed by atoms with Crippen LogP contribution in [0.3, 0.4) is 0 Å². The lowest BCUT2D eigenvalue weighted by Gasteiger charge is -2.37. The van der Waals surface area contributed by atoms with Crippen LogP contribution in [0.15, 0.2) is 0 Å². The first-order chi connectivity index (χ1) is 11.4. The summed E-state index contributed by atoms with van der Waals surface area (Å²) in [7, 11) is 0. The van der Waals surface area contributed by atoms with Gasteiger partial charge in [-0.15, -0.1) is 6.42 Å². The van der Waals surface area contributed by atoms with E-state index in [0.29, 0.717) is 31.8 Å². The van der Waals surface area contributed by atoms with E-state index >= 15 is 0 Å². The first kappa shape index (κ1) is 18.3. The van der Waals surface area contributed by atoms with Gasteiger partial charge in [-0.3, -0.25) is 14.4 Å². The molecule has 6 heteroatoms. The smallest absolute Gasteiger partial charge is 0.238 e. The second kappa shape index (κ2) is 7.69. The van der Waals surface area contributed by atoms with E-state index in [4.69, 9.17) is 12.2 Å². The van der Waals surface area contributed by atoms with Crippen molar-refractivity contribution in [2.75, 3.05) is 19.6 Å². The van der Waals surface area contributed by atoms with Crippen LogP contribution in [0.2, 0.25) is 0 Å². The highest BCUT2D eigenvalue weighted by Crippen LogP contribution is 2.45. The van der Waals surface area contributed by atoms with E-state index < -0.39 is 5.41 Å². The molecule has 6 nitrogen and oxygen atoms in total. The van der Waals surface area contributed by atoms with Crippen molar-refractivity contribution in [1.29, 1.82) is 0 Å². The lowest BCUT2D eigenvalue weighted by molar-refractivity contribution is -0.133. The molecule has 0 aromatic heterocycles. The number of nitrogens with zero attached hydrogens (tertiary/aromatic N) is 1. The van der Waals surface area contributed by atoms with Gasteiger partial charge in [0, 0.05) is 32.5 Å². The maximum Gasteiger partial charge on any atom is 0.238 e. The Hall–Kier alpha value is -2.03. The molecule has 0 aromatic carbocycles. The third-order valence-electron chi connectivity index (χ3n) is 5.27. The zero-order valence-electron chi connectivity index (χ0n) is 14.3. The number of terminal acetylenes is 1. The topological polar surface area (TPSA) is 92.5 Å². The number of amides is 3. The highest BCUT2D eigenvalue weighted by atomic mass is 16.2. The summed E-state index contributed by atoms with van der Waals surface area (Å²) in [6.45, 7) is 4.07. The van der Waals surface area contributed by atoms with E-state index in [1.165, 1.54) is 0 Å². The Labute approximate surface area is 143 Å². The average molecular weight is 333 g/mol. The van der Waals surface area contributed by atoms with E-state index in [2.05, 4.69) is 18.2 Å². The molecule has 3 N–H and O–H groups in total. The van der Waals surface area contributed by atoms with Crippen molar-refractivity contribution >= 4 is 17.7 Å². The summed E-state index contributed by atoms with van der Waals surface area (Å²) in [5.41, 5.74) is 4.52. The van der Waals surface area contributed by atoms with Crippen molar-refractivity contribution < 1.29 is 14.4 Å². The number of likely N-dealkylation sites (tertiary alicyclic amines) is 1. The fourth-order valence-electron chi connectivity index (χ4n) is 3.17. The van der Waals surface area contributed by atoms with Gasteiger partial charge in [0.15, 0.2) is 0 Å². The minimum absolute atomic E-state index is 0.0536. The van der Waals surface area contributed by atoms with E-state index in [1.54, 1.807) is 0 Å². The molecule has 2 rings (SSSR count). The Balaban J connectivity index is 1.80. The van der Waals surface area contributed by atoms with Gasteiger partial charge in [-0.25, -0.2) is 0 Å². The molecule has 0 radical (unpaired) electrons. The van der Waals surface area contributed by atoms with Gasteiger partial charge in [-0.2, -0.15) is 0 Å². The highest BCUT2D eigenvalue weighted by Gasteiger charge is 2.48. The van der Waals surface area contributed by atoms with Crippen molar-refractivity contribution in [3.8, 4) is 12.3 Å². The average Bonchev–Trinajstić information content (AvgIpc) is 3.34. The lowest BCUT2D eigenvalue weighted by Crippen LogP contribution is -2.47. The number of carbonyl (C=O) groups is 3. The van der Waals surface area contributed by atoms with Crippen LogP contribution in [0.5, 0.6) is 0 Å². The summed E-state index contributed by atoms with van der Waals surface area (Å²) in [5.74, 6) is 2.90. The second-order valence-corrected chi connectivity index (χ2v) is 7.12. The fraction of sp³-hybridized carbons (Fsp3) is 0.722. The largest absolute Gasteiger partial charge is 0.370 e. The zero-order chi connectivity index (χ0) is 17.7. The van der Waals surface area contributed by atoms with Crippen LogP contribution in [0.4, 0.5) is 0 Å². The van der Waals surface area contributed by atoms with Gasteiger partial charge in [0.25, 0.3) is 0 Å². The van der Waals surface area contributed by atoms with Crippen molar-refractivity contribution in [1.82, 2.24) is 10.2 Å². The molecule has 0 bridgehead atoms. The normalized spacial score (nSPS) is 24.8. The molecular formula is C18H27N3O3. The number of nitrogens with two attached hydrogens (primary N) is 1. The van der Waals surface area contributed by atoms with Crippen LogP contribution < -0.4 is 11.1 Å². The molecule has 2 fully saturated rings. The predicted octanol–water partition coefficient (Wildman–Crippen LogP) is 0.656. The molecule has 0 spiro atoms. The van der Waals surface area contributed by atoms with Gasteiger partial charge in [0.2, 0.25) is 17.7 Å². The van der Waals surface area contributed by atoms with E-state index in [-0.39, 0.29) is 30.1 Å². The molecule has 1 saturated carbocycles. The Morgan fingerprint density at radius 3 is 2.62 bits per heavy atom. The zero-order valence-corrected chi connectivity index (χ0v) is 14.3. The highest BCUT2D eigenvalue weighted by molar-refractivity contribution is 5.88. The number of piperidine rings is 1. The molecule has 1 saturated heterocycles.